The van der Waals surface area contributed by atoms with E-state index in [1.54, 1.807) is 13.2 Å². The monoisotopic (exact) mass is 507 g/mol. The lowest BCUT2D eigenvalue weighted by Crippen LogP contribution is -2.47. The highest BCUT2D eigenvalue weighted by Gasteiger charge is 2.28. The second-order valence-electron chi connectivity index (χ2n) is 9.47. The summed E-state index contributed by atoms with van der Waals surface area (Å²) in [5, 5.41) is 4.85. The minimum absolute atomic E-state index is 0.0423. The summed E-state index contributed by atoms with van der Waals surface area (Å²) in [6, 6.07) is 14.3. The van der Waals surface area contributed by atoms with Gasteiger partial charge < -0.3 is 19.4 Å². The van der Waals surface area contributed by atoms with Gasteiger partial charge in [-0.05, 0) is 55.8 Å². The Hall–Kier alpha value is -3.23. The van der Waals surface area contributed by atoms with Gasteiger partial charge in [0, 0.05) is 51.0 Å². The molecule has 8 heteroatoms. The van der Waals surface area contributed by atoms with Crippen LogP contribution >= 0.6 is 0 Å². The number of nitrogens with zero attached hydrogens (tertiary/aromatic N) is 5. The highest BCUT2D eigenvalue weighted by Crippen LogP contribution is 2.30. The van der Waals surface area contributed by atoms with E-state index in [-0.39, 0.29) is 11.7 Å². The van der Waals surface area contributed by atoms with Gasteiger partial charge in [0.15, 0.2) is 0 Å². The Balaban J connectivity index is 1.72. The molecular formula is C29H38FN5O2. The summed E-state index contributed by atoms with van der Waals surface area (Å²) in [5.41, 5.74) is 4.33. The molecule has 0 N–H and O–H groups in total. The van der Waals surface area contributed by atoms with Crippen molar-refractivity contribution in [1.82, 2.24) is 19.6 Å². The molecule has 2 heterocycles. The second kappa shape index (κ2) is 12.3. The first-order valence-corrected chi connectivity index (χ1v) is 13.1. The van der Waals surface area contributed by atoms with Crippen LogP contribution in [-0.4, -0.2) is 78.5 Å². The Kier molecular flexibility index (Phi) is 8.95. The summed E-state index contributed by atoms with van der Waals surface area (Å²) in [6.07, 6.45) is 0.926. The summed E-state index contributed by atoms with van der Waals surface area (Å²) in [7, 11) is 1.64. The number of carbonyl (C=O) groups excluding carboxylic acids is 1. The van der Waals surface area contributed by atoms with Gasteiger partial charge in [-0.1, -0.05) is 32.0 Å². The third-order valence-electron chi connectivity index (χ3n) is 7.14. The smallest absolute Gasteiger partial charge is 0.254 e. The zero-order chi connectivity index (χ0) is 26.4. The predicted octanol–water partition coefficient (Wildman–Crippen LogP) is 4.31. The number of piperazine rings is 1. The van der Waals surface area contributed by atoms with Crippen molar-refractivity contribution >= 4 is 11.7 Å². The molecule has 2 aromatic carbocycles. The molecule has 0 bridgehead atoms. The maximum Gasteiger partial charge on any atom is 0.254 e. The molecule has 1 aliphatic rings. The van der Waals surface area contributed by atoms with E-state index >= 15 is 0 Å². The van der Waals surface area contributed by atoms with Gasteiger partial charge in [-0.15, -0.1) is 0 Å². The number of ether oxygens (including phenoxy) is 1. The minimum atomic E-state index is -0.304. The molecule has 1 saturated heterocycles. The molecule has 0 atom stereocenters. The van der Waals surface area contributed by atoms with Crippen LogP contribution in [0.5, 0.6) is 0 Å². The predicted molar refractivity (Wildman–Crippen MR) is 145 cm³/mol. The van der Waals surface area contributed by atoms with Crippen LogP contribution in [0.3, 0.4) is 0 Å². The number of hydrogen-bond acceptors (Lipinski definition) is 5. The molecule has 1 aromatic heterocycles. The van der Waals surface area contributed by atoms with E-state index in [2.05, 4.69) is 23.6 Å². The van der Waals surface area contributed by atoms with Crippen LogP contribution in [0.1, 0.15) is 41.0 Å². The van der Waals surface area contributed by atoms with E-state index in [0.717, 1.165) is 56.2 Å². The minimum Gasteiger partial charge on any atom is -0.383 e. The molecule has 7 nitrogen and oxygen atoms in total. The number of aromatic nitrogens is 2. The van der Waals surface area contributed by atoms with Crippen LogP contribution in [0.4, 0.5) is 10.2 Å². The first kappa shape index (κ1) is 26.8. The van der Waals surface area contributed by atoms with Gasteiger partial charge in [0.1, 0.15) is 11.6 Å². The molecule has 0 aliphatic carbocycles. The lowest BCUT2D eigenvalue weighted by Gasteiger charge is -2.36. The second-order valence-corrected chi connectivity index (χ2v) is 9.47. The van der Waals surface area contributed by atoms with Gasteiger partial charge >= 0.3 is 0 Å². The Morgan fingerprint density at radius 2 is 1.81 bits per heavy atom. The molecule has 198 valence electrons. The van der Waals surface area contributed by atoms with E-state index in [0.29, 0.717) is 30.9 Å². The topological polar surface area (TPSA) is 53.8 Å². The van der Waals surface area contributed by atoms with Crippen molar-refractivity contribution in [1.29, 1.82) is 0 Å². The third-order valence-corrected chi connectivity index (χ3v) is 7.14. The molecule has 1 amide bonds. The number of likely N-dealkylation sites (N-methyl/N-ethyl adjacent to an activating group) is 1. The largest absolute Gasteiger partial charge is 0.383 e. The number of amides is 1. The number of rotatable bonds is 10. The van der Waals surface area contributed by atoms with Crippen molar-refractivity contribution in [3.8, 4) is 5.69 Å². The molecule has 0 radical (unpaired) electrons. The zero-order valence-corrected chi connectivity index (χ0v) is 22.4. The lowest BCUT2D eigenvalue weighted by atomic mass is 10.1. The van der Waals surface area contributed by atoms with Gasteiger partial charge in [-0.2, -0.15) is 5.10 Å². The zero-order valence-electron chi connectivity index (χ0n) is 22.4. The van der Waals surface area contributed by atoms with E-state index in [1.807, 2.05) is 46.8 Å². The molecule has 1 fully saturated rings. The highest BCUT2D eigenvalue weighted by atomic mass is 19.1. The maximum absolute atomic E-state index is 14.2. The molecule has 0 saturated carbocycles. The summed E-state index contributed by atoms with van der Waals surface area (Å²) in [6.45, 7) is 12.1. The van der Waals surface area contributed by atoms with Crippen LogP contribution in [0.25, 0.3) is 5.69 Å². The van der Waals surface area contributed by atoms with Crippen LogP contribution in [0.2, 0.25) is 0 Å². The first-order chi connectivity index (χ1) is 17.9. The molecular weight excluding hydrogens is 469 g/mol. The molecule has 37 heavy (non-hydrogen) atoms. The number of carbonyl (C=O) groups is 1. The molecule has 0 unspecified atom stereocenters. The van der Waals surface area contributed by atoms with Crippen molar-refractivity contribution < 1.29 is 13.9 Å². The molecule has 0 spiro atoms. The summed E-state index contributed by atoms with van der Waals surface area (Å²) in [4.78, 5) is 20.2. The van der Waals surface area contributed by atoms with Crippen LogP contribution in [-0.2, 0) is 17.7 Å². The van der Waals surface area contributed by atoms with Crippen molar-refractivity contribution in [2.75, 3.05) is 57.9 Å². The first-order valence-electron chi connectivity index (χ1n) is 13.1. The van der Waals surface area contributed by atoms with E-state index < -0.39 is 0 Å². The normalized spacial score (nSPS) is 14.2. The van der Waals surface area contributed by atoms with Gasteiger partial charge in [0.25, 0.3) is 5.91 Å². The number of aryl methyl sites for hydroxylation is 2. The number of anilines is 1. The van der Waals surface area contributed by atoms with Crippen molar-refractivity contribution in [3.63, 3.8) is 0 Å². The standard InChI is InChI=1S/C29H38FN5O2/c1-5-23-10-12-24(13-11-23)29(36)34(18-19-37-4)21-27-22(3)31-35(26-9-7-8-25(30)20-26)28(27)33-16-14-32(6-2)15-17-33/h7-13,20H,5-6,14-19,21H2,1-4H3. The van der Waals surface area contributed by atoms with Gasteiger partial charge in [0.2, 0.25) is 0 Å². The average molecular weight is 508 g/mol. The summed E-state index contributed by atoms with van der Waals surface area (Å²) < 4.78 is 21.4. The molecule has 3 aromatic rings. The quantitative estimate of drug-likeness (QED) is 0.409. The summed E-state index contributed by atoms with van der Waals surface area (Å²) in [5.74, 6) is 0.580. The van der Waals surface area contributed by atoms with Gasteiger partial charge in [0.05, 0.1) is 24.5 Å². The fourth-order valence-corrected chi connectivity index (χ4v) is 4.83. The van der Waals surface area contributed by atoms with Crippen molar-refractivity contribution in [2.45, 2.75) is 33.7 Å². The fourth-order valence-electron chi connectivity index (χ4n) is 4.83. The van der Waals surface area contributed by atoms with Crippen LogP contribution in [0, 0.1) is 12.7 Å². The van der Waals surface area contributed by atoms with Crippen LogP contribution < -0.4 is 4.90 Å². The van der Waals surface area contributed by atoms with Gasteiger partial charge in [-0.25, -0.2) is 9.07 Å². The Labute approximate surface area is 219 Å². The van der Waals surface area contributed by atoms with E-state index in [9.17, 15) is 9.18 Å². The third kappa shape index (κ3) is 6.19. The number of hydrogen-bond donors (Lipinski definition) is 0. The lowest BCUT2D eigenvalue weighted by molar-refractivity contribution is 0.0680. The van der Waals surface area contributed by atoms with Crippen LogP contribution in [0.15, 0.2) is 48.5 Å². The Morgan fingerprint density at radius 3 is 2.43 bits per heavy atom. The number of halogens is 1. The summed E-state index contributed by atoms with van der Waals surface area (Å²) >= 11 is 0. The Morgan fingerprint density at radius 1 is 1.08 bits per heavy atom. The molecule has 1 aliphatic heterocycles. The van der Waals surface area contributed by atoms with E-state index in [1.165, 1.54) is 17.7 Å². The van der Waals surface area contributed by atoms with Gasteiger partial charge in [-0.3, -0.25) is 4.79 Å². The fraction of sp³-hybridized carbons (Fsp3) is 0.448. The van der Waals surface area contributed by atoms with E-state index in [4.69, 9.17) is 9.84 Å². The SMILES string of the molecule is CCc1ccc(C(=O)N(CCOC)Cc2c(C)nn(-c3cccc(F)c3)c2N2CCN(CC)CC2)cc1. The maximum atomic E-state index is 14.2. The number of methoxy groups -OCH3 is 1. The highest BCUT2D eigenvalue weighted by molar-refractivity contribution is 5.94. The number of benzene rings is 2. The molecule has 4 rings (SSSR count). The van der Waals surface area contributed by atoms with Crippen molar-refractivity contribution in [2.24, 2.45) is 0 Å². The Bertz CT molecular complexity index is 1190. The van der Waals surface area contributed by atoms with Crippen molar-refractivity contribution in [3.05, 3.63) is 76.7 Å². The average Bonchev–Trinajstić information content (AvgIpc) is 3.26.